The van der Waals surface area contributed by atoms with Crippen LogP contribution in [0.4, 0.5) is 4.79 Å². The third kappa shape index (κ3) is 4.87. The van der Waals surface area contributed by atoms with Crippen LogP contribution in [0.1, 0.15) is 57.1 Å². The molecule has 7 nitrogen and oxygen atoms in total. The summed E-state index contributed by atoms with van der Waals surface area (Å²) >= 11 is 0. The number of hydrogen-bond donors (Lipinski definition) is 3. The van der Waals surface area contributed by atoms with Gasteiger partial charge in [-0.1, -0.05) is 69.3 Å². The number of benzene rings is 2. The first-order chi connectivity index (χ1) is 15.6. The van der Waals surface area contributed by atoms with Gasteiger partial charge in [0.05, 0.1) is 0 Å². The highest BCUT2D eigenvalue weighted by Crippen LogP contribution is 2.44. The maximum Gasteiger partial charge on any atom is 0.407 e. The Bertz CT molecular complexity index is 1040. The summed E-state index contributed by atoms with van der Waals surface area (Å²) in [6, 6.07) is 15.2. The van der Waals surface area contributed by atoms with E-state index in [0.29, 0.717) is 19.3 Å². The van der Waals surface area contributed by atoms with Crippen LogP contribution in [0.25, 0.3) is 11.1 Å². The van der Waals surface area contributed by atoms with Gasteiger partial charge in [-0.3, -0.25) is 4.79 Å². The van der Waals surface area contributed by atoms with Gasteiger partial charge in [-0.25, -0.2) is 9.59 Å². The second-order valence-electron chi connectivity index (χ2n) is 10.2. The normalized spacial score (nSPS) is 16.8. The lowest BCUT2D eigenvalue weighted by molar-refractivity contribution is -0.143. The zero-order valence-electron chi connectivity index (χ0n) is 19.2. The summed E-state index contributed by atoms with van der Waals surface area (Å²) in [6.07, 6.45) is 0.433. The van der Waals surface area contributed by atoms with Crippen LogP contribution in [0.2, 0.25) is 0 Å². The van der Waals surface area contributed by atoms with Crippen LogP contribution in [-0.4, -0.2) is 41.3 Å². The van der Waals surface area contributed by atoms with Crippen LogP contribution in [0.15, 0.2) is 48.5 Å². The quantitative estimate of drug-likeness (QED) is 0.590. The van der Waals surface area contributed by atoms with Gasteiger partial charge in [0.1, 0.15) is 18.2 Å². The van der Waals surface area contributed by atoms with E-state index in [-0.39, 0.29) is 17.9 Å². The number of carboxylic acid groups (broad SMARTS) is 1. The molecule has 4 rings (SSSR count). The highest BCUT2D eigenvalue weighted by Gasteiger charge is 2.52. The Labute approximate surface area is 193 Å². The van der Waals surface area contributed by atoms with Crippen LogP contribution in [0.3, 0.4) is 0 Å². The molecule has 1 saturated carbocycles. The number of hydrogen-bond acceptors (Lipinski definition) is 4. The minimum Gasteiger partial charge on any atom is -0.480 e. The Kier molecular flexibility index (Phi) is 5.91. The molecule has 174 valence electrons. The fourth-order valence-electron chi connectivity index (χ4n) is 4.44. The summed E-state index contributed by atoms with van der Waals surface area (Å²) in [4.78, 5) is 37.0. The number of fused-ring (bicyclic) bond motifs is 3. The van der Waals surface area contributed by atoms with Crippen molar-refractivity contribution in [3.8, 4) is 11.1 Å². The molecule has 2 aliphatic rings. The van der Waals surface area contributed by atoms with Gasteiger partial charge in [0.15, 0.2) is 0 Å². The molecule has 7 heteroatoms. The van der Waals surface area contributed by atoms with Crippen LogP contribution >= 0.6 is 0 Å². The van der Waals surface area contributed by atoms with Crippen molar-refractivity contribution < 1.29 is 24.2 Å². The molecule has 0 radical (unpaired) electrons. The summed E-state index contributed by atoms with van der Waals surface area (Å²) in [5, 5.41) is 14.7. The van der Waals surface area contributed by atoms with Crippen molar-refractivity contribution in [3.05, 3.63) is 59.7 Å². The molecule has 0 spiro atoms. The highest BCUT2D eigenvalue weighted by molar-refractivity contribution is 5.93. The molecule has 33 heavy (non-hydrogen) atoms. The van der Waals surface area contributed by atoms with Gasteiger partial charge < -0.3 is 20.5 Å². The zero-order chi connectivity index (χ0) is 23.8. The molecule has 2 amide bonds. The van der Waals surface area contributed by atoms with E-state index >= 15 is 0 Å². The standard InChI is InChI=1S/C26H30N2O5/c1-25(2,3)14-21(22(29)28-26(12-13-26)23(30)31)27-24(32)33-15-20-18-10-6-4-8-16(18)17-9-5-7-11-19(17)20/h4-11,20-21H,12-15H2,1-3H3,(H,27,32)(H,28,29)(H,30,31). The maximum atomic E-state index is 12.9. The van der Waals surface area contributed by atoms with Crippen molar-refractivity contribution in [3.63, 3.8) is 0 Å². The minimum absolute atomic E-state index is 0.0835. The van der Waals surface area contributed by atoms with Crippen LogP contribution in [0, 0.1) is 5.41 Å². The molecule has 2 aromatic carbocycles. The molecule has 1 atom stereocenters. The van der Waals surface area contributed by atoms with Gasteiger partial charge in [0, 0.05) is 5.92 Å². The predicted molar refractivity (Wildman–Crippen MR) is 124 cm³/mol. The smallest absolute Gasteiger partial charge is 0.407 e. The van der Waals surface area contributed by atoms with Gasteiger partial charge >= 0.3 is 12.1 Å². The Morgan fingerprint density at radius 3 is 2.06 bits per heavy atom. The van der Waals surface area contributed by atoms with Crippen molar-refractivity contribution in [2.75, 3.05) is 6.61 Å². The van der Waals surface area contributed by atoms with Crippen LogP contribution < -0.4 is 10.6 Å². The molecule has 0 bridgehead atoms. The van der Waals surface area contributed by atoms with Gasteiger partial charge in [0.2, 0.25) is 5.91 Å². The minimum atomic E-state index is -1.21. The second-order valence-corrected chi connectivity index (χ2v) is 10.2. The average Bonchev–Trinajstić information content (AvgIpc) is 3.47. The van der Waals surface area contributed by atoms with Crippen molar-refractivity contribution in [2.24, 2.45) is 5.41 Å². The molecule has 1 fully saturated rings. The SMILES string of the molecule is CC(C)(C)CC(NC(=O)OCC1c2ccccc2-c2ccccc21)C(=O)NC1(C(=O)O)CC1. The molecule has 0 heterocycles. The lowest BCUT2D eigenvalue weighted by Gasteiger charge is -2.27. The maximum absolute atomic E-state index is 12.9. The third-order valence-electron chi connectivity index (χ3n) is 6.29. The summed E-state index contributed by atoms with van der Waals surface area (Å²) in [6.45, 7) is 6.01. The molecule has 2 aliphatic carbocycles. The molecule has 1 unspecified atom stereocenters. The van der Waals surface area contributed by atoms with Crippen molar-refractivity contribution in [1.29, 1.82) is 0 Å². The van der Waals surface area contributed by atoms with E-state index in [1.54, 1.807) is 0 Å². The van der Waals surface area contributed by atoms with E-state index in [4.69, 9.17) is 4.74 Å². The first kappa shape index (κ1) is 22.8. The second kappa shape index (κ2) is 8.54. The van der Waals surface area contributed by atoms with Crippen molar-refractivity contribution in [2.45, 2.75) is 57.5 Å². The van der Waals surface area contributed by atoms with Crippen LogP contribution in [0.5, 0.6) is 0 Å². The van der Waals surface area contributed by atoms with Crippen molar-refractivity contribution in [1.82, 2.24) is 10.6 Å². The van der Waals surface area contributed by atoms with Gasteiger partial charge in [0.25, 0.3) is 0 Å². The number of alkyl carbamates (subject to hydrolysis) is 1. The van der Waals surface area contributed by atoms with E-state index in [2.05, 4.69) is 22.8 Å². The highest BCUT2D eigenvalue weighted by atomic mass is 16.5. The van der Waals surface area contributed by atoms with E-state index in [1.165, 1.54) is 0 Å². The summed E-state index contributed by atoms with van der Waals surface area (Å²) < 4.78 is 5.58. The van der Waals surface area contributed by atoms with E-state index in [1.807, 2.05) is 57.2 Å². The Morgan fingerprint density at radius 1 is 1.03 bits per heavy atom. The van der Waals surface area contributed by atoms with E-state index in [9.17, 15) is 19.5 Å². The molecule has 3 N–H and O–H groups in total. The molecular formula is C26H30N2O5. The number of carboxylic acids is 1. The number of rotatable bonds is 7. The number of aliphatic carboxylic acids is 1. The number of amides is 2. The number of carbonyl (C=O) groups is 3. The number of carbonyl (C=O) groups excluding carboxylic acids is 2. The summed E-state index contributed by atoms with van der Waals surface area (Å²) in [5.74, 6) is -1.63. The van der Waals surface area contributed by atoms with Gasteiger partial charge in [-0.05, 0) is 46.9 Å². The number of nitrogens with one attached hydrogen (secondary N) is 2. The molecule has 0 saturated heterocycles. The van der Waals surface area contributed by atoms with E-state index in [0.717, 1.165) is 22.3 Å². The zero-order valence-corrected chi connectivity index (χ0v) is 19.2. The Balaban J connectivity index is 1.44. The summed E-state index contributed by atoms with van der Waals surface area (Å²) in [7, 11) is 0. The van der Waals surface area contributed by atoms with Gasteiger partial charge in [-0.15, -0.1) is 0 Å². The Morgan fingerprint density at radius 2 is 1.58 bits per heavy atom. The molecular weight excluding hydrogens is 420 g/mol. The first-order valence-corrected chi connectivity index (χ1v) is 11.3. The molecule has 0 aromatic heterocycles. The van der Waals surface area contributed by atoms with Crippen LogP contribution in [-0.2, 0) is 14.3 Å². The number of ether oxygens (including phenoxy) is 1. The first-order valence-electron chi connectivity index (χ1n) is 11.3. The van der Waals surface area contributed by atoms with Crippen molar-refractivity contribution >= 4 is 18.0 Å². The Hall–Kier alpha value is -3.35. The average molecular weight is 451 g/mol. The molecule has 2 aromatic rings. The third-order valence-corrected chi connectivity index (χ3v) is 6.29. The lowest BCUT2D eigenvalue weighted by Crippen LogP contribution is -2.54. The molecule has 0 aliphatic heterocycles. The largest absolute Gasteiger partial charge is 0.480 e. The summed E-state index contributed by atoms with van der Waals surface area (Å²) in [5.41, 5.74) is 3.00. The fraction of sp³-hybridized carbons (Fsp3) is 0.423. The topological polar surface area (TPSA) is 105 Å². The van der Waals surface area contributed by atoms with Gasteiger partial charge in [-0.2, -0.15) is 0 Å². The monoisotopic (exact) mass is 450 g/mol. The lowest BCUT2D eigenvalue weighted by atomic mass is 9.87. The fourth-order valence-corrected chi connectivity index (χ4v) is 4.44. The predicted octanol–water partition coefficient (Wildman–Crippen LogP) is 4.06. The van der Waals surface area contributed by atoms with E-state index < -0.39 is 29.6 Å².